The molecule has 1 unspecified atom stereocenters. The van der Waals surface area contributed by atoms with Crippen molar-refractivity contribution in [3.8, 4) is 5.75 Å². The highest BCUT2D eigenvalue weighted by Gasteiger charge is 2.49. The molecule has 1 N–H and O–H groups in total. The van der Waals surface area contributed by atoms with Crippen molar-refractivity contribution in [3.63, 3.8) is 0 Å². The maximum atomic E-state index is 12.8. The van der Waals surface area contributed by atoms with E-state index < -0.39 is 17.7 Å². The minimum Gasteiger partial charge on any atom is -0.507 e. The molecule has 1 aliphatic rings. The van der Waals surface area contributed by atoms with Crippen LogP contribution in [-0.4, -0.2) is 34.1 Å². The van der Waals surface area contributed by atoms with Crippen molar-refractivity contribution in [2.24, 2.45) is 0 Å². The lowest BCUT2D eigenvalue weighted by Gasteiger charge is -2.20. The molecule has 3 heterocycles. The Balaban J connectivity index is 1.93. The van der Waals surface area contributed by atoms with E-state index in [9.17, 15) is 14.7 Å². The summed E-state index contributed by atoms with van der Waals surface area (Å²) in [6.07, 6.45) is 0. The molecule has 1 aromatic carbocycles. The van der Waals surface area contributed by atoms with Crippen LogP contribution >= 0.6 is 33.9 Å². The predicted molar refractivity (Wildman–Crippen MR) is 109 cm³/mol. The zero-order chi connectivity index (χ0) is 19.8. The second-order valence-electron chi connectivity index (χ2n) is 5.76. The van der Waals surface area contributed by atoms with E-state index in [0.29, 0.717) is 20.8 Å². The fraction of sp³-hybridized carbons (Fsp3) is 0.111. The number of hydrogen-bond acceptors (Lipinski definition) is 8. The number of methoxy groups -OCH3 is 1. The summed E-state index contributed by atoms with van der Waals surface area (Å²) in [6.45, 7) is 0. The van der Waals surface area contributed by atoms with Gasteiger partial charge in [0.1, 0.15) is 28.8 Å². The topological polar surface area (TPSA) is 106 Å². The first-order valence-electron chi connectivity index (χ1n) is 7.98. The van der Waals surface area contributed by atoms with Gasteiger partial charge in [-0.1, -0.05) is 23.5 Å². The fourth-order valence-electron chi connectivity index (χ4n) is 2.97. The minimum absolute atomic E-state index is 0.0841. The Bertz CT molecular complexity index is 1090. The average molecular weight is 509 g/mol. The molecule has 1 amide bonds. The van der Waals surface area contributed by atoms with Gasteiger partial charge in [0.25, 0.3) is 5.78 Å². The molecule has 0 spiro atoms. The quantitative estimate of drug-likeness (QED) is 0.249. The first kappa shape index (κ1) is 18.6. The monoisotopic (exact) mass is 509 g/mol. The van der Waals surface area contributed by atoms with Crippen LogP contribution in [0.1, 0.15) is 17.4 Å². The molecule has 0 bridgehead atoms. The van der Waals surface area contributed by atoms with Crippen LogP contribution in [0.4, 0.5) is 5.13 Å². The summed E-state index contributed by atoms with van der Waals surface area (Å²) in [5.74, 6) is -1.11. The number of aliphatic hydroxyl groups is 1. The van der Waals surface area contributed by atoms with Crippen LogP contribution in [0.15, 0.2) is 51.9 Å². The average Bonchev–Trinajstić information content (AvgIpc) is 3.42. The number of Topliss-reactive ketones (excluding diaryl/α,β-unsaturated/α-hetero) is 1. The molecule has 142 valence electrons. The Morgan fingerprint density at radius 1 is 1.32 bits per heavy atom. The second kappa shape index (κ2) is 7.36. The van der Waals surface area contributed by atoms with Gasteiger partial charge >= 0.3 is 5.91 Å². The molecule has 1 fully saturated rings. The van der Waals surface area contributed by atoms with E-state index in [4.69, 9.17) is 9.15 Å². The van der Waals surface area contributed by atoms with Gasteiger partial charge in [-0.05, 0) is 46.9 Å². The number of ketones is 1. The van der Waals surface area contributed by atoms with Gasteiger partial charge in [-0.2, -0.15) is 0 Å². The number of furan rings is 1. The highest BCUT2D eigenvalue weighted by Crippen LogP contribution is 2.43. The van der Waals surface area contributed by atoms with Crippen molar-refractivity contribution < 1.29 is 23.8 Å². The van der Waals surface area contributed by atoms with Gasteiger partial charge in [-0.15, -0.1) is 10.2 Å². The second-order valence-corrected chi connectivity index (χ2v) is 7.64. The number of carbonyl (C=O) groups is 2. The van der Waals surface area contributed by atoms with Crippen LogP contribution in [0.25, 0.3) is 5.76 Å². The summed E-state index contributed by atoms with van der Waals surface area (Å²) in [6, 6.07) is 9.01. The van der Waals surface area contributed by atoms with Crippen molar-refractivity contribution >= 4 is 56.5 Å². The molecule has 8 nitrogen and oxygen atoms in total. The van der Waals surface area contributed by atoms with E-state index in [2.05, 4.69) is 10.2 Å². The van der Waals surface area contributed by atoms with Gasteiger partial charge in [0.2, 0.25) is 5.13 Å². The van der Waals surface area contributed by atoms with Crippen molar-refractivity contribution in [2.75, 3.05) is 12.0 Å². The van der Waals surface area contributed by atoms with Crippen molar-refractivity contribution in [1.82, 2.24) is 10.2 Å². The molecular formula is C18H12IN3O5S. The first-order chi connectivity index (χ1) is 13.5. The summed E-state index contributed by atoms with van der Waals surface area (Å²) >= 11 is 3.10. The molecule has 1 aliphatic heterocycles. The molecule has 28 heavy (non-hydrogen) atoms. The van der Waals surface area contributed by atoms with Crippen molar-refractivity contribution in [3.05, 3.63) is 62.6 Å². The van der Waals surface area contributed by atoms with E-state index in [-0.39, 0.29) is 16.5 Å². The highest BCUT2D eigenvalue weighted by molar-refractivity contribution is 14.1. The van der Waals surface area contributed by atoms with Gasteiger partial charge in [0, 0.05) is 5.56 Å². The summed E-state index contributed by atoms with van der Waals surface area (Å²) in [7, 11) is 1.50. The molecule has 1 atom stereocenters. The Kier molecular flexibility index (Phi) is 4.89. The molecule has 1 saturated heterocycles. The van der Waals surface area contributed by atoms with Gasteiger partial charge in [-0.3, -0.25) is 14.5 Å². The number of hydrogen-bond donors (Lipinski definition) is 1. The Morgan fingerprint density at radius 3 is 2.79 bits per heavy atom. The molecular weight excluding hydrogens is 497 g/mol. The Labute approximate surface area is 176 Å². The van der Waals surface area contributed by atoms with Crippen LogP contribution < -0.4 is 9.64 Å². The number of nitrogens with zero attached hydrogens (tertiary/aromatic N) is 3. The van der Waals surface area contributed by atoms with Crippen LogP contribution in [0.2, 0.25) is 0 Å². The Morgan fingerprint density at radius 2 is 2.14 bits per heavy atom. The van der Waals surface area contributed by atoms with E-state index >= 15 is 0 Å². The van der Waals surface area contributed by atoms with Crippen molar-refractivity contribution in [2.45, 2.75) is 6.04 Å². The lowest BCUT2D eigenvalue weighted by molar-refractivity contribution is -0.132. The summed E-state index contributed by atoms with van der Waals surface area (Å²) in [5, 5.41) is 18.8. The maximum absolute atomic E-state index is 12.8. The SMILES string of the molecule is COc1cccc(/C(O)=C2\C(=O)C(=O)N(c3nncs3)C2c2ccc(I)o2)c1. The lowest BCUT2D eigenvalue weighted by Crippen LogP contribution is -2.29. The number of anilines is 1. The van der Waals surface area contributed by atoms with Crippen LogP contribution in [0.3, 0.4) is 0 Å². The lowest BCUT2D eigenvalue weighted by atomic mass is 9.99. The number of carbonyl (C=O) groups excluding carboxylic acids is 2. The summed E-state index contributed by atoms with van der Waals surface area (Å²) < 4.78 is 11.4. The van der Waals surface area contributed by atoms with Crippen LogP contribution in [-0.2, 0) is 9.59 Å². The molecule has 0 radical (unpaired) electrons. The number of halogens is 1. The van der Waals surface area contributed by atoms with Gasteiger partial charge in [0.15, 0.2) is 3.77 Å². The number of benzene rings is 1. The zero-order valence-electron chi connectivity index (χ0n) is 14.3. The minimum atomic E-state index is -0.956. The molecule has 2 aromatic heterocycles. The van der Waals surface area contributed by atoms with Gasteiger partial charge in [-0.25, -0.2) is 0 Å². The maximum Gasteiger partial charge on any atom is 0.302 e. The molecule has 10 heteroatoms. The normalized spacial score (nSPS) is 18.6. The van der Waals surface area contributed by atoms with Gasteiger partial charge < -0.3 is 14.3 Å². The number of ether oxygens (including phenoxy) is 1. The van der Waals surface area contributed by atoms with E-state index in [1.54, 1.807) is 36.4 Å². The zero-order valence-corrected chi connectivity index (χ0v) is 17.3. The molecule has 0 saturated carbocycles. The third kappa shape index (κ3) is 3.07. The van der Waals surface area contributed by atoms with Crippen LogP contribution in [0.5, 0.6) is 5.75 Å². The fourth-order valence-corrected chi connectivity index (χ4v) is 3.99. The van der Waals surface area contributed by atoms with E-state index in [1.165, 1.54) is 17.5 Å². The molecule has 0 aliphatic carbocycles. The molecule has 3 aromatic rings. The Hall–Kier alpha value is -2.73. The number of aromatic nitrogens is 2. The first-order valence-corrected chi connectivity index (χ1v) is 9.94. The van der Waals surface area contributed by atoms with E-state index in [0.717, 1.165) is 11.3 Å². The predicted octanol–water partition coefficient (Wildman–Crippen LogP) is 3.37. The van der Waals surface area contributed by atoms with Crippen molar-refractivity contribution in [1.29, 1.82) is 0 Å². The van der Waals surface area contributed by atoms with Crippen LogP contribution in [0, 0.1) is 3.77 Å². The third-order valence-corrected chi connectivity index (χ3v) is 5.47. The van der Waals surface area contributed by atoms with Gasteiger partial charge in [0.05, 0.1) is 12.7 Å². The molecule has 4 rings (SSSR count). The highest BCUT2D eigenvalue weighted by atomic mass is 127. The number of rotatable bonds is 4. The largest absolute Gasteiger partial charge is 0.507 e. The number of aliphatic hydroxyl groups excluding tert-OH is 1. The summed E-state index contributed by atoms with van der Waals surface area (Å²) in [5.41, 5.74) is 1.72. The number of amides is 1. The smallest absolute Gasteiger partial charge is 0.302 e. The summed E-state index contributed by atoms with van der Waals surface area (Å²) in [4.78, 5) is 26.8. The third-order valence-electron chi connectivity index (χ3n) is 4.21. The van der Waals surface area contributed by atoms with E-state index in [1.807, 2.05) is 22.6 Å². The standard InChI is InChI=1S/C18H12IN3O5S/c1-26-10-4-2-3-9(7-10)15(23)13-14(11-5-6-12(19)27-11)22(17(25)16(13)24)18-21-20-8-28-18/h2-8,14,23H,1H3/b15-13+.